The van der Waals surface area contributed by atoms with E-state index in [0.717, 1.165) is 62.7 Å². The molecule has 288 valence electrons. The Morgan fingerprint density at radius 2 is 1.40 bits per heavy atom. The van der Waals surface area contributed by atoms with Crippen molar-refractivity contribution in [3.8, 4) is 34.1 Å². The molecule has 2 aromatic heterocycles. The lowest BCUT2D eigenvalue weighted by Gasteiger charge is -2.22. The van der Waals surface area contributed by atoms with E-state index < -0.39 is 30.5 Å². The molecule has 0 aliphatic carbocycles. The first-order valence-corrected chi connectivity index (χ1v) is 29.9. The molecule has 0 saturated heterocycles. The highest BCUT2D eigenvalue weighted by Gasteiger charge is 2.23. The number of hydrogen-bond donors (Lipinski definition) is 1. The Morgan fingerprint density at radius 1 is 0.736 bits per heavy atom. The predicted molar refractivity (Wildman–Crippen MR) is 224 cm³/mol. The van der Waals surface area contributed by atoms with Crippen LogP contribution in [0.3, 0.4) is 0 Å². The summed E-state index contributed by atoms with van der Waals surface area (Å²) in [6, 6.07) is 23.3. The fourth-order valence-corrected chi connectivity index (χ4v) is 8.03. The van der Waals surface area contributed by atoms with E-state index in [4.69, 9.17) is 33.8 Å². The lowest BCUT2D eigenvalue weighted by molar-refractivity contribution is -0.102. The van der Waals surface area contributed by atoms with Gasteiger partial charge in [0.05, 0.1) is 23.7 Å². The van der Waals surface area contributed by atoms with Crippen LogP contribution in [0.15, 0.2) is 60.7 Å². The van der Waals surface area contributed by atoms with Crippen molar-refractivity contribution in [3.63, 3.8) is 0 Å². The summed E-state index contributed by atoms with van der Waals surface area (Å²) >= 11 is 0. The highest BCUT2D eigenvalue weighted by atomic mass is 28.3. The van der Waals surface area contributed by atoms with Gasteiger partial charge in [0.2, 0.25) is 6.29 Å². The Hall–Kier alpha value is -3.31. The molecule has 10 nitrogen and oxygen atoms in total. The molecule has 5 aromatic rings. The van der Waals surface area contributed by atoms with Crippen molar-refractivity contribution in [1.82, 2.24) is 19.3 Å². The number of benzene rings is 3. The first kappa shape index (κ1) is 40.9. The van der Waals surface area contributed by atoms with Gasteiger partial charge in [-0.05, 0) is 66.2 Å². The number of ether oxygens (including phenoxy) is 5. The lowest BCUT2D eigenvalue weighted by atomic mass is 10.0. The van der Waals surface area contributed by atoms with Crippen LogP contribution in [0.2, 0.25) is 77.1 Å². The zero-order valence-corrected chi connectivity index (χ0v) is 36.5. The second-order valence-electron chi connectivity index (χ2n) is 17.4. The van der Waals surface area contributed by atoms with Gasteiger partial charge in [-0.25, -0.2) is 9.67 Å². The molecule has 3 aromatic carbocycles. The molecule has 0 aliphatic heterocycles. The number of aromatic nitrogens is 4. The number of aliphatic hydroxyl groups is 1. The van der Waals surface area contributed by atoms with Crippen LogP contribution >= 0.6 is 0 Å². The molecule has 5 rings (SSSR count). The number of aliphatic hydroxyl groups excluding tert-OH is 1. The molecule has 0 fully saturated rings. The summed E-state index contributed by atoms with van der Waals surface area (Å²) in [6.07, 6.45) is -0.792. The maximum Gasteiger partial charge on any atom is 0.223 e. The molecule has 13 heteroatoms. The van der Waals surface area contributed by atoms with Crippen LogP contribution in [0.25, 0.3) is 44.6 Å². The third-order valence-corrected chi connectivity index (χ3v) is 14.2. The summed E-state index contributed by atoms with van der Waals surface area (Å²) in [5.74, 6) is 2.04. The van der Waals surface area contributed by atoms with Crippen molar-refractivity contribution in [3.05, 3.63) is 60.7 Å². The Labute approximate surface area is 318 Å². The number of methoxy groups -OCH3 is 1. The topological polar surface area (TPSA) is 102 Å². The molecule has 0 bridgehead atoms. The van der Waals surface area contributed by atoms with Gasteiger partial charge in [0, 0.05) is 55.0 Å². The SMILES string of the molecule is COc1ccc(OC(CO)OCC[Si](C)(C)C)c(-c2ccc3c(-c4nc5ccccc5n4COCC[Si](C)(C)C)nn(COCC[Si](C)(C)C)c3c2)c1. The van der Waals surface area contributed by atoms with Crippen molar-refractivity contribution in [2.24, 2.45) is 0 Å². The molecule has 0 radical (unpaired) electrons. The summed E-state index contributed by atoms with van der Waals surface area (Å²) in [5, 5.41) is 16.3. The Bertz CT molecular complexity index is 1960. The second kappa shape index (κ2) is 17.4. The van der Waals surface area contributed by atoms with Gasteiger partial charge in [-0.15, -0.1) is 0 Å². The Morgan fingerprint density at radius 3 is 2.06 bits per heavy atom. The number of hydrogen-bond acceptors (Lipinski definition) is 8. The Kier molecular flexibility index (Phi) is 13.4. The number of para-hydroxylation sites is 2. The molecular weight excluding hydrogens is 717 g/mol. The van der Waals surface area contributed by atoms with Gasteiger partial charge in [-0.2, -0.15) is 5.10 Å². The summed E-state index contributed by atoms with van der Waals surface area (Å²) in [7, 11) is -2.20. The number of nitrogens with zero attached hydrogens (tertiary/aromatic N) is 4. The first-order chi connectivity index (χ1) is 25.0. The van der Waals surface area contributed by atoms with Crippen LogP contribution in [-0.2, 0) is 27.7 Å². The molecule has 0 aliphatic rings. The zero-order chi connectivity index (χ0) is 38.4. The minimum Gasteiger partial charge on any atom is -0.497 e. The molecule has 1 unspecified atom stereocenters. The molecule has 1 atom stereocenters. The second-order valence-corrected chi connectivity index (χ2v) is 34.3. The smallest absolute Gasteiger partial charge is 0.223 e. The zero-order valence-electron chi connectivity index (χ0n) is 33.5. The first-order valence-electron chi connectivity index (χ1n) is 18.7. The maximum absolute atomic E-state index is 10.2. The minimum atomic E-state index is -1.32. The van der Waals surface area contributed by atoms with E-state index in [9.17, 15) is 5.11 Å². The van der Waals surface area contributed by atoms with Gasteiger partial charge in [0.1, 0.15) is 37.3 Å². The number of rotatable bonds is 20. The van der Waals surface area contributed by atoms with Crippen molar-refractivity contribution >= 4 is 46.2 Å². The third-order valence-electron chi connectivity index (χ3n) is 9.11. The van der Waals surface area contributed by atoms with E-state index in [-0.39, 0.29) is 6.61 Å². The predicted octanol–water partition coefficient (Wildman–Crippen LogP) is 9.41. The largest absolute Gasteiger partial charge is 0.497 e. The highest BCUT2D eigenvalue weighted by Crippen LogP contribution is 2.38. The molecule has 0 amide bonds. The minimum absolute atomic E-state index is 0.260. The third kappa shape index (κ3) is 11.4. The lowest BCUT2D eigenvalue weighted by Crippen LogP contribution is -2.29. The van der Waals surface area contributed by atoms with Gasteiger partial charge >= 0.3 is 0 Å². The fraction of sp³-hybridized carbons (Fsp3) is 0.500. The van der Waals surface area contributed by atoms with Crippen LogP contribution in [-0.4, -0.2) is 88.5 Å². The van der Waals surface area contributed by atoms with Crippen LogP contribution in [0.4, 0.5) is 0 Å². The molecule has 0 spiro atoms. The van der Waals surface area contributed by atoms with Gasteiger partial charge in [-0.3, -0.25) is 4.57 Å². The van der Waals surface area contributed by atoms with Crippen molar-refractivity contribution in [2.75, 3.05) is 33.5 Å². The van der Waals surface area contributed by atoms with Gasteiger partial charge in [-0.1, -0.05) is 77.1 Å². The number of imidazole rings is 1. The standard InChI is InChI=1S/C40H60N4O6Si3/c1-46-31-16-18-37(50-38(27-45)49-21-24-53(8,9)10)33(26-31)30-15-17-32-36(25-30)44(29-48-20-23-52(5,6)7)42-39(32)40-41-34-13-11-12-14-35(34)43(40)28-47-19-22-51(2,3)4/h11-18,25-26,38,45H,19-24,27-29H2,1-10H3. The molecule has 0 saturated carbocycles. The summed E-state index contributed by atoms with van der Waals surface area (Å²) in [6.45, 7) is 23.4. The van der Waals surface area contributed by atoms with E-state index in [1.807, 2.05) is 41.1 Å². The van der Waals surface area contributed by atoms with E-state index in [1.165, 1.54) is 0 Å². The molecule has 2 heterocycles. The molecule has 1 N–H and O–H groups in total. The van der Waals surface area contributed by atoms with E-state index in [2.05, 4.69) is 87.8 Å². The van der Waals surface area contributed by atoms with E-state index >= 15 is 0 Å². The van der Waals surface area contributed by atoms with Gasteiger partial charge in [0.15, 0.2) is 5.82 Å². The van der Waals surface area contributed by atoms with Crippen LogP contribution in [0.1, 0.15) is 0 Å². The van der Waals surface area contributed by atoms with Crippen molar-refractivity contribution in [2.45, 2.75) is 96.8 Å². The van der Waals surface area contributed by atoms with Crippen molar-refractivity contribution in [1.29, 1.82) is 0 Å². The normalized spacial score (nSPS) is 13.3. The summed E-state index contributed by atoms with van der Waals surface area (Å²) in [4.78, 5) is 5.11. The fourth-order valence-electron chi connectivity index (χ4n) is 5.78. The van der Waals surface area contributed by atoms with Crippen molar-refractivity contribution < 1.29 is 28.8 Å². The van der Waals surface area contributed by atoms with E-state index in [1.54, 1.807) is 7.11 Å². The molecular formula is C40H60N4O6Si3. The van der Waals surface area contributed by atoms with Crippen LogP contribution < -0.4 is 9.47 Å². The average molecular weight is 777 g/mol. The number of fused-ring (bicyclic) bond motifs is 2. The quantitative estimate of drug-likeness (QED) is 0.0474. The maximum atomic E-state index is 10.2. The van der Waals surface area contributed by atoms with Crippen LogP contribution in [0, 0.1) is 0 Å². The average Bonchev–Trinajstić information content (AvgIpc) is 3.64. The van der Waals surface area contributed by atoms with Crippen LogP contribution in [0.5, 0.6) is 11.5 Å². The van der Waals surface area contributed by atoms with Gasteiger partial charge < -0.3 is 28.8 Å². The highest BCUT2D eigenvalue weighted by molar-refractivity contribution is 6.76. The summed E-state index contributed by atoms with van der Waals surface area (Å²) in [5.41, 5.74) is 5.29. The monoisotopic (exact) mass is 776 g/mol. The van der Waals surface area contributed by atoms with E-state index in [0.29, 0.717) is 44.8 Å². The molecule has 53 heavy (non-hydrogen) atoms. The van der Waals surface area contributed by atoms with Gasteiger partial charge in [0.25, 0.3) is 0 Å². The Balaban J connectivity index is 1.56. The summed E-state index contributed by atoms with van der Waals surface area (Å²) < 4.78 is 34.6.